The molecule has 0 unspecified atom stereocenters. The van der Waals surface area contributed by atoms with E-state index in [-0.39, 0.29) is 23.4 Å². The van der Waals surface area contributed by atoms with Crippen molar-refractivity contribution in [2.45, 2.75) is 19.4 Å². The second-order valence-electron chi connectivity index (χ2n) is 8.09. The highest BCUT2D eigenvalue weighted by atomic mass is 35.5. The zero-order valence-electron chi connectivity index (χ0n) is 16.9. The fourth-order valence-electron chi connectivity index (χ4n) is 4.39. The zero-order valence-corrected chi connectivity index (χ0v) is 17.7. The van der Waals surface area contributed by atoms with Crippen LogP contribution in [-0.4, -0.2) is 60.1 Å². The van der Waals surface area contributed by atoms with E-state index in [1.807, 2.05) is 15.9 Å². The predicted octanol–water partition coefficient (Wildman–Crippen LogP) is 3.75. The number of phenolic OH excluding ortho intramolecular Hbond substituents is 1. The maximum atomic E-state index is 14.0. The molecule has 2 aliphatic heterocycles. The summed E-state index contributed by atoms with van der Waals surface area (Å²) in [4.78, 5) is 19.2. The third kappa shape index (κ3) is 4.71. The van der Waals surface area contributed by atoms with Crippen LogP contribution in [0, 0.1) is 11.7 Å². The molecule has 0 bridgehead atoms. The summed E-state index contributed by atoms with van der Waals surface area (Å²) >= 11 is 6.04. The van der Waals surface area contributed by atoms with E-state index in [2.05, 4.69) is 4.90 Å². The normalized spacial score (nSPS) is 18.6. The summed E-state index contributed by atoms with van der Waals surface area (Å²) < 4.78 is 14.0. The molecule has 5 nitrogen and oxygen atoms in total. The van der Waals surface area contributed by atoms with Gasteiger partial charge in [0.2, 0.25) is 5.91 Å². The van der Waals surface area contributed by atoms with Gasteiger partial charge in [-0.15, -0.1) is 0 Å². The van der Waals surface area contributed by atoms with Gasteiger partial charge in [0, 0.05) is 49.2 Å². The second kappa shape index (κ2) is 9.23. The lowest BCUT2D eigenvalue weighted by Gasteiger charge is -2.39. The number of anilines is 1. The van der Waals surface area contributed by atoms with E-state index in [1.54, 1.807) is 30.3 Å². The van der Waals surface area contributed by atoms with Crippen LogP contribution in [0.15, 0.2) is 42.5 Å². The van der Waals surface area contributed by atoms with Crippen LogP contribution < -0.4 is 4.90 Å². The number of rotatable bonds is 4. The quantitative estimate of drug-likeness (QED) is 0.801. The number of piperazine rings is 1. The Morgan fingerprint density at radius 2 is 1.73 bits per heavy atom. The second-order valence-corrected chi connectivity index (χ2v) is 8.52. The van der Waals surface area contributed by atoms with Crippen LogP contribution in [0.1, 0.15) is 18.4 Å². The molecule has 7 heteroatoms. The summed E-state index contributed by atoms with van der Waals surface area (Å²) in [6.07, 6.45) is 1.63. The highest BCUT2D eigenvalue weighted by Crippen LogP contribution is 2.27. The van der Waals surface area contributed by atoms with E-state index in [0.717, 1.165) is 31.5 Å². The number of piperidine rings is 1. The van der Waals surface area contributed by atoms with E-state index in [9.17, 15) is 14.3 Å². The maximum absolute atomic E-state index is 14.0. The SMILES string of the molecule is O=C(C1CCN(Cc2cc(Cl)ccc2O)CC1)N1CCN(c2ccccc2F)CC1. The fraction of sp³-hybridized carbons (Fsp3) is 0.435. The monoisotopic (exact) mass is 431 g/mol. The minimum absolute atomic E-state index is 0.0363. The summed E-state index contributed by atoms with van der Waals surface area (Å²) in [5.74, 6) is 0.295. The Hall–Kier alpha value is -2.31. The molecule has 2 fully saturated rings. The van der Waals surface area contributed by atoms with Gasteiger partial charge in [-0.3, -0.25) is 9.69 Å². The Balaban J connectivity index is 1.27. The number of para-hydroxylation sites is 1. The van der Waals surface area contributed by atoms with Crippen LogP contribution in [-0.2, 0) is 11.3 Å². The highest BCUT2D eigenvalue weighted by Gasteiger charge is 2.31. The fourth-order valence-corrected chi connectivity index (χ4v) is 4.59. The molecule has 0 aliphatic carbocycles. The largest absolute Gasteiger partial charge is 0.508 e. The molecule has 2 aromatic carbocycles. The van der Waals surface area contributed by atoms with Crippen LogP contribution in [0.25, 0.3) is 0 Å². The van der Waals surface area contributed by atoms with Gasteiger partial charge in [0.25, 0.3) is 0 Å². The Kier molecular flexibility index (Phi) is 6.44. The van der Waals surface area contributed by atoms with Gasteiger partial charge in [-0.25, -0.2) is 4.39 Å². The van der Waals surface area contributed by atoms with Gasteiger partial charge in [0.15, 0.2) is 0 Å². The minimum atomic E-state index is -0.213. The Labute approximate surface area is 181 Å². The summed E-state index contributed by atoms with van der Waals surface area (Å²) in [5, 5.41) is 10.6. The van der Waals surface area contributed by atoms with Crippen molar-refractivity contribution in [3.63, 3.8) is 0 Å². The van der Waals surface area contributed by atoms with Crippen LogP contribution in [0.2, 0.25) is 5.02 Å². The van der Waals surface area contributed by atoms with Crippen molar-refractivity contribution >= 4 is 23.2 Å². The predicted molar refractivity (Wildman–Crippen MR) is 116 cm³/mol. The molecule has 160 valence electrons. The summed E-state index contributed by atoms with van der Waals surface area (Å²) in [6, 6.07) is 11.9. The van der Waals surface area contributed by atoms with Gasteiger partial charge in [-0.1, -0.05) is 23.7 Å². The maximum Gasteiger partial charge on any atom is 0.225 e. The van der Waals surface area contributed by atoms with Gasteiger partial charge in [-0.2, -0.15) is 0 Å². The Bertz CT molecular complexity index is 894. The summed E-state index contributed by atoms with van der Waals surface area (Å²) in [5.41, 5.74) is 1.43. The number of benzene rings is 2. The molecule has 2 aliphatic rings. The molecule has 0 atom stereocenters. The minimum Gasteiger partial charge on any atom is -0.508 e. The van der Waals surface area contributed by atoms with Gasteiger partial charge in [0.05, 0.1) is 5.69 Å². The van der Waals surface area contributed by atoms with Crippen molar-refractivity contribution in [2.24, 2.45) is 5.92 Å². The average molecular weight is 432 g/mol. The van der Waals surface area contributed by atoms with E-state index < -0.39 is 0 Å². The van der Waals surface area contributed by atoms with Gasteiger partial charge in [-0.05, 0) is 56.3 Å². The third-order valence-electron chi connectivity index (χ3n) is 6.16. The number of hydrogen-bond acceptors (Lipinski definition) is 4. The lowest BCUT2D eigenvalue weighted by molar-refractivity contribution is -0.137. The first-order valence-electron chi connectivity index (χ1n) is 10.5. The molecule has 2 saturated heterocycles. The highest BCUT2D eigenvalue weighted by molar-refractivity contribution is 6.30. The Morgan fingerprint density at radius 3 is 2.43 bits per heavy atom. The van der Waals surface area contributed by atoms with E-state index in [0.29, 0.717) is 43.4 Å². The first-order valence-corrected chi connectivity index (χ1v) is 10.9. The molecular formula is C23H27ClFN3O2. The first-order chi connectivity index (χ1) is 14.5. The molecule has 0 saturated carbocycles. The number of aromatic hydroxyl groups is 1. The van der Waals surface area contributed by atoms with Gasteiger partial charge in [0.1, 0.15) is 11.6 Å². The molecule has 0 radical (unpaired) electrons. The molecule has 0 spiro atoms. The summed E-state index contributed by atoms with van der Waals surface area (Å²) in [6.45, 7) is 4.83. The summed E-state index contributed by atoms with van der Waals surface area (Å²) in [7, 11) is 0. The van der Waals surface area contributed by atoms with Crippen molar-refractivity contribution < 1.29 is 14.3 Å². The number of phenols is 1. The average Bonchev–Trinajstić information content (AvgIpc) is 2.77. The van der Waals surface area contributed by atoms with Gasteiger partial charge >= 0.3 is 0 Å². The standard InChI is InChI=1S/C23H27ClFN3O2/c24-19-5-6-22(29)18(15-19)16-26-9-7-17(8-10-26)23(30)28-13-11-27(12-14-28)21-4-2-1-3-20(21)25/h1-6,15,17,29H,7-14,16H2. The van der Waals surface area contributed by atoms with Crippen LogP contribution in [0.5, 0.6) is 5.75 Å². The number of likely N-dealkylation sites (tertiary alicyclic amines) is 1. The van der Waals surface area contributed by atoms with E-state index in [4.69, 9.17) is 11.6 Å². The number of carbonyl (C=O) groups excluding carboxylic acids is 1. The molecule has 4 rings (SSSR count). The van der Waals surface area contributed by atoms with Crippen LogP contribution >= 0.6 is 11.6 Å². The third-order valence-corrected chi connectivity index (χ3v) is 6.39. The number of halogens is 2. The van der Waals surface area contributed by atoms with E-state index in [1.165, 1.54) is 6.07 Å². The van der Waals surface area contributed by atoms with E-state index >= 15 is 0 Å². The molecule has 1 amide bonds. The smallest absolute Gasteiger partial charge is 0.225 e. The first kappa shape index (κ1) is 20.9. The van der Waals surface area contributed by atoms with Crippen molar-refractivity contribution in [2.75, 3.05) is 44.2 Å². The van der Waals surface area contributed by atoms with Crippen molar-refractivity contribution in [3.8, 4) is 5.75 Å². The van der Waals surface area contributed by atoms with Crippen molar-refractivity contribution in [1.82, 2.24) is 9.80 Å². The molecule has 30 heavy (non-hydrogen) atoms. The van der Waals surface area contributed by atoms with Crippen LogP contribution in [0.3, 0.4) is 0 Å². The lowest BCUT2D eigenvalue weighted by Crippen LogP contribution is -2.51. The topological polar surface area (TPSA) is 47.0 Å². The van der Waals surface area contributed by atoms with Crippen molar-refractivity contribution in [3.05, 3.63) is 58.9 Å². The lowest BCUT2D eigenvalue weighted by atomic mass is 9.94. The van der Waals surface area contributed by atoms with Crippen LogP contribution in [0.4, 0.5) is 10.1 Å². The Morgan fingerprint density at radius 1 is 1.03 bits per heavy atom. The van der Waals surface area contributed by atoms with Crippen molar-refractivity contribution in [1.29, 1.82) is 0 Å². The molecule has 2 heterocycles. The molecule has 1 N–H and O–H groups in total. The number of carbonyl (C=O) groups is 1. The molecular weight excluding hydrogens is 405 g/mol. The molecule has 0 aromatic heterocycles. The number of amides is 1. The molecule has 2 aromatic rings. The van der Waals surface area contributed by atoms with Gasteiger partial charge < -0.3 is 14.9 Å². The number of nitrogens with zero attached hydrogens (tertiary/aromatic N) is 3. The number of hydrogen-bond donors (Lipinski definition) is 1. The zero-order chi connectivity index (χ0) is 21.1.